The Morgan fingerprint density at radius 1 is 1.00 bits per heavy atom. The fraction of sp³-hybridized carbons (Fsp3) is 0.136. The van der Waals surface area contributed by atoms with Gasteiger partial charge in [0.1, 0.15) is 17.3 Å². The van der Waals surface area contributed by atoms with Crippen LogP contribution in [0.25, 0.3) is 6.08 Å². The molecule has 29 heavy (non-hydrogen) atoms. The van der Waals surface area contributed by atoms with Crippen LogP contribution in [0.3, 0.4) is 0 Å². The van der Waals surface area contributed by atoms with E-state index in [1.165, 1.54) is 25.1 Å². The Morgan fingerprint density at radius 2 is 1.66 bits per heavy atom. The molecule has 0 aliphatic rings. The predicted octanol–water partition coefficient (Wildman–Crippen LogP) is 3.64. The Kier molecular flexibility index (Phi) is 7.85. The van der Waals surface area contributed by atoms with Gasteiger partial charge in [-0.15, -0.1) is 0 Å². The van der Waals surface area contributed by atoms with E-state index in [0.29, 0.717) is 12.2 Å². The van der Waals surface area contributed by atoms with Crippen LogP contribution in [0.1, 0.15) is 18.1 Å². The molecule has 0 saturated heterocycles. The van der Waals surface area contributed by atoms with Crippen LogP contribution < -0.4 is 9.47 Å². The first-order valence-electron chi connectivity index (χ1n) is 8.63. The minimum Gasteiger partial charge on any atom is -0.466 e. The van der Waals surface area contributed by atoms with Gasteiger partial charge in [0.25, 0.3) is 0 Å². The molecule has 2 aromatic carbocycles. The molecule has 6 nitrogen and oxygen atoms in total. The number of carbonyl (C=O) groups is 3. The van der Waals surface area contributed by atoms with Gasteiger partial charge in [-0.3, -0.25) is 4.79 Å². The summed E-state index contributed by atoms with van der Waals surface area (Å²) >= 11 is 0. The van der Waals surface area contributed by atoms with Crippen LogP contribution >= 0.6 is 0 Å². The van der Waals surface area contributed by atoms with Gasteiger partial charge >= 0.3 is 17.9 Å². The predicted molar refractivity (Wildman–Crippen MR) is 104 cm³/mol. The Bertz CT molecular complexity index is 931. The molecule has 150 valence electrons. The van der Waals surface area contributed by atoms with E-state index in [1.807, 2.05) is 0 Å². The van der Waals surface area contributed by atoms with Crippen molar-refractivity contribution in [2.24, 2.45) is 0 Å². The quantitative estimate of drug-likeness (QED) is 0.384. The van der Waals surface area contributed by atoms with Crippen molar-refractivity contribution in [2.75, 3.05) is 6.61 Å². The lowest BCUT2D eigenvalue weighted by molar-refractivity contribution is -0.140. The van der Waals surface area contributed by atoms with Crippen molar-refractivity contribution in [3.63, 3.8) is 0 Å². The van der Waals surface area contributed by atoms with E-state index in [-0.39, 0.29) is 23.9 Å². The van der Waals surface area contributed by atoms with E-state index < -0.39 is 17.8 Å². The molecular weight excluding hydrogens is 379 g/mol. The molecule has 0 amide bonds. The van der Waals surface area contributed by atoms with E-state index >= 15 is 0 Å². The van der Waals surface area contributed by atoms with Gasteiger partial charge < -0.3 is 14.2 Å². The number of carbonyl (C=O) groups excluding carboxylic acids is 3. The number of benzene rings is 2. The molecule has 0 unspecified atom stereocenters. The van der Waals surface area contributed by atoms with Gasteiger partial charge in [-0.1, -0.05) is 18.7 Å². The van der Waals surface area contributed by atoms with Crippen LogP contribution in [-0.2, 0) is 25.5 Å². The largest absolute Gasteiger partial charge is 0.466 e. The highest BCUT2D eigenvalue weighted by atomic mass is 19.1. The van der Waals surface area contributed by atoms with E-state index in [1.54, 1.807) is 24.3 Å². The average molecular weight is 398 g/mol. The highest BCUT2D eigenvalue weighted by molar-refractivity contribution is 5.88. The summed E-state index contributed by atoms with van der Waals surface area (Å²) in [7, 11) is 0. The zero-order chi connectivity index (χ0) is 21.2. The Morgan fingerprint density at radius 3 is 2.28 bits per heavy atom. The van der Waals surface area contributed by atoms with Crippen molar-refractivity contribution in [1.82, 2.24) is 0 Å². The fourth-order valence-corrected chi connectivity index (χ4v) is 2.21. The summed E-state index contributed by atoms with van der Waals surface area (Å²) in [6.45, 7) is 4.87. The summed E-state index contributed by atoms with van der Waals surface area (Å²) in [5.41, 5.74) is 1.04. The first-order valence-corrected chi connectivity index (χ1v) is 8.63. The van der Waals surface area contributed by atoms with E-state index in [0.717, 1.165) is 23.8 Å². The monoisotopic (exact) mass is 398 g/mol. The summed E-state index contributed by atoms with van der Waals surface area (Å²) in [5, 5.41) is 0. The van der Waals surface area contributed by atoms with Crippen LogP contribution in [-0.4, -0.2) is 24.5 Å². The molecule has 0 N–H and O–H groups in total. The average Bonchev–Trinajstić information content (AvgIpc) is 2.68. The molecule has 0 radical (unpaired) electrons. The maximum absolute atomic E-state index is 14.0. The maximum Gasteiger partial charge on any atom is 0.336 e. The molecule has 0 saturated carbocycles. The zero-order valence-corrected chi connectivity index (χ0v) is 15.7. The molecule has 2 rings (SSSR count). The van der Waals surface area contributed by atoms with Crippen LogP contribution in [0.2, 0.25) is 0 Å². The van der Waals surface area contributed by atoms with Gasteiger partial charge in [0.05, 0.1) is 6.61 Å². The van der Waals surface area contributed by atoms with Crippen LogP contribution in [0.15, 0.2) is 61.2 Å². The third-order valence-corrected chi connectivity index (χ3v) is 3.59. The number of hydrogen-bond acceptors (Lipinski definition) is 6. The summed E-state index contributed by atoms with van der Waals surface area (Å²) in [6, 6.07) is 10.5. The SMILES string of the molecule is C=CC(=O)Oc1ccc(/C=C/C(=O)Oc2ccc(CCOC(C)=O)cc2)c(F)c1. The van der Waals surface area contributed by atoms with E-state index in [4.69, 9.17) is 14.2 Å². The molecule has 0 spiro atoms. The molecular formula is C22H19FO6. The first-order chi connectivity index (χ1) is 13.9. The Hall–Kier alpha value is -3.74. The Labute approximate surface area is 167 Å². The minimum atomic E-state index is -0.700. The van der Waals surface area contributed by atoms with Crippen molar-refractivity contribution >= 4 is 24.0 Å². The molecule has 7 heteroatoms. The summed E-state index contributed by atoms with van der Waals surface area (Å²) in [4.78, 5) is 33.8. The summed E-state index contributed by atoms with van der Waals surface area (Å²) < 4.78 is 28.9. The third-order valence-electron chi connectivity index (χ3n) is 3.59. The van der Waals surface area contributed by atoms with Gasteiger partial charge in [-0.2, -0.15) is 0 Å². The second kappa shape index (κ2) is 10.6. The zero-order valence-electron chi connectivity index (χ0n) is 15.7. The maximum atomic E-state index is 14.0. The fourth-order valence-electron chi connectivity index (χ4n) is 2.21. The molecule has 0 bridgehead atoms. The number of halogens is 1. The standard InChI is InChI=1S/C22H19FO6/c1-3-21(25)29-19-10-6-17(20(23)14-19)7-11-22(26)28-18-8-4-16(5-9-18)12-13-27-15(2)24/h3-11,14H,1,12-13H2,2H3/b11-7+. The normalized spacial score (nSPS) is 10.4. The van der Waals surface area contributed by atoms with Crippen LogP contribution in [0.4, 0.5) is 4.39 Å². The highest BCUT2D eigenvalue weighted by Gasteiger charge is 2.06. The van der Waals surface area contributed by atoms with Crippen molar-refractivity contribution in [3.8, 4) is 11.5 Å². The number of esters is 3. The molecule has 0 atom stereocenters. The lowest BCUT2D eigenvalue weighted by atomic mass is 10.1. The lowest BCUT2D eigenvalue weighted by Gasteiger charge is -2.05. The lowest BCUT2D eigenvalue weighted by Crippen LogP contribution is -2.05. The van der Waals surface area contributed by atoms with Gasteiger partial charge in [0.2, 0.25) is 0 Å². The number of ether oxygens (including phenoxy) is 3. The van der Waals surface area contributed by atoms with Gasteiger partial charge in [-0.05, 0) is 35.9 Å². The second-order valence-electron chi connectivity index (χ2n) is 5.80. The molecule has 0 aromatic heterocycles. The molecule has 2 aromatic rings. The Balaban J connectivity index is 1.91. The number of hydrogen-bond donors (Lipinski definition) is 0. The van der Waals surface area contributed by atoms with Crippen molar-refractivity contribution in [3.05, 3.63) is 78.1 Å². The second-order valence-corrected chi connectivity index (χ2v) is 5.80. The third kappa shape index (κ3) is 7.42. The van der Waals surface area contributed by atoms with Crippen molar-refractivity contribution in [2.45, 2.75) is 13.3 Å². The first kappa shape index (κ1) is 21.6. The van der Waals surface area contributed by atoms with Crippen molar-refractivity contribution in [1.29, 1.82) is 0 Å². The van der Waals surface area contributed by atoms with E-state index in [9.17, 15) is 18.8 Å². The van der Waals surface area contributed by atoms with E-state index in [2.05, 4.69) is 6.58 Å². The van der Waals surface area contributed by atoms with Crippen LogP contribution in [0.5, 0.6) is 11.5 Å². The van der Waals surface area contributed by atoms with Crippen LogP contribution in [0, 0.1) is 5.82 Å². The van der Waals surface area contributed by atoms with Gasteiger partial charge in [0.15, 0.2) is 0 Å². The molecule has 0 fully saturated rings. The smallest absolute Gasteiger partial charge is 0.336 e. The molecule has 0 heterocycles. The topological polar surface area (TPSA) is 78.9 Å². The van der Waals surface area contributed by atoms with Gasteiger partial charge in [-0.25, -0.2) is 14.0 Å². The van der Waals surface area contributed by atoms with Gasteiger partial charge in [0, 0.05) is 37.1 Å². The minimum absolute atomic E-state index is 0.0286. The molecule has 0 aliphatic heterocycles. The summed E-state index contributed by atoms with van der Waals surface area (Å²) in [5.74, 6) is -2.04. The number of rotatable bonds is 8. The highest BCUT2D eigenvalue weighted by Crippen LogP contribution is 2.18. The van der Waals surface area contributed by atoms with Crippen molar-refractivity contribution < 1.29 is 33.0 Å². The summed E-state index contributed by atoms with van der Waals surface area (Å²) in [6.07, 6.45) is 3.85. The molecule has 0 aliphatic carbocycles.